The smallest absolute Gasteiger partial charge is 0.0705 e. The van der Waals surface area contributed by atoms with Crippen LogP contribution in [-0.2, 0) is 6.42 Å². The van der Waals surface area contributed by atoms with Gasteiger partial charge in [0.05, 0.1) is 5.52 Å². The Balaban J connectivity index is 1.52. The van der Waals surface area contributed by atoms with E-state index in [4.69, 9.17) is 4.98 Å². The van der Waals surface area contributed by atoms with E-state index in [0.29, 0.717) is 0 Å². The highest BCUT2D eigenvalue weighted by Crippen LogP contribution is 2.13. The summed E-state index contributed by atoms with van der Waals surface area (Å²) in [5.74, 6) is 0. The summed E-state index contributed by atoms with van der Waals surface area (Å²) in [6.07, 6.45) is 2.28. The van der Waals surface area contributed by atoms with E-state index in [1.807, 2.05) is 0 Å². The van der Waals surface area contributed by atoms with Crippen molar-refractivity contribution in [3.8, 4) is 0 Å². The highest BCUT2D eigenvalue weighted by Gasteiger charge is 2.12. The number of benzene rings is 1. The minimum atomic E-state index is 1.08. The fraction of sp³-hybridized carbons (Fsp3) is 0.471. The van der Waals surface area contributed by atoms with Gasteiger partial charge in [-0.05, 0) is 38.6 Å². The first kappa shape index (κ1) is 13.5. The van der Waals surface area contributed by atoms with E-state index in [2.05, 4.69) is 53.2 Å². The van der Waals surface area contributed by atoms with E-state index in [0.717, 1.165) is 11.9 Å². The van der Waals surface area contributed by atoms with E-state index < -0.39 is 0 Å². The van der Waals surface area contributed by atoms with Crippen LogP contribution in [0, 0.1) is 0 Å². The molecule has 1 aliphatic rings. The molecule has 1 fully saturated rings. The van der Waals surface area contributed by atoms with Crippen molar-refractivity contribution in [2.75, 3.05) is 39.8 Å². The topological polar surface area (TPSA) is 19.4 Å². The number of para-hydroxylation sites is 1. The lowest BCUT2D eigenvalue weighted by Crippen LogP contribution is -2.44. The molecule has 0 N–H and O–H groups in total. The van der Waals surface area contributed by atoms with Gasteiger partial charge in [0.25, 0.3) is 0 Å². The van der Waals surface area contributed by atoms with Gasteiger partial charge in [-0.15, -0.1) is 0 Å². The van der Waals surface area contributed by atoms with Gasteiger partial charge < -0.3 is 9.80 Å². The molecule has 1 saturated heterocycles. The van der Waals surface area contributed by atoms with Gasteiger partial charge in [-0.1, -0.05) is 24.3 Å². The van der Waals surface area contributed by atoms with Crippen LogP contribution in [0.15, 0.2) is 36.4 Å². The number of hydrogen-bond acceptors (Lipinski definition) is 3. The summed E-state index contributed by atoms with van der Waals surface area (Å²) in [6.45, 7) is 6.02. The van der Waals surface area contributed by atoms with Crippen molar-refractivity contribution in [1.29, 1.82) is 0 Å². The Morgan fingerprint density at radius 3 is 2.65 bits per heavy atom. The summed E-state index contributed by atoms with van der Waals surface area (Å²) in [7, 11) is 2.20. The Kier molecular flexibility index (Phi) is 4.28. The molecule has 0 bridgehead atoms. The molecule has 0 atom stereocenters. The predicted molar refractivity (Wildman–Crippen MR) is 84.0 cm³/mol. The van der Waals surface area contributed by atoms with E-state index in [1.54, 1.807) is 0 Å². The molecule has 0 spiro atoms. The second kappa shape index (κ2) is 6.33. The van der Waals surface area contributed by atoms with Crippen LogP contribution in [0.25, 0.3) is 10.9 Å². The summed E-state index contributed by atoms with van der Waals surface area (Å²) in [4.78, 5) is 9.72. The van der Waals surface area contributed by atoms with E-state index >= 15 is 0 Å². The number of hydrogen-bond donors (Lipinski definition) is 0. The van der Waals surface area contributed by atoms with Crippen LogP contribution in [0.1, 0.15) is 12.1 Å². The average molecular weight is 269 g/mol. The van der Waals surface area contributed by atoms with E-state index in [9.17, 15) is 0 Å². The predicted octanol–water partition coefficient (Wildman–Crippen LogP) is 2.41. The summed E-state index contributed by atoms with van der Waals surface area (Å²) < 4.78 is 0. The van der Waals surface area contributed by atoms with Gasteiger partial charge in [-0.2, -0.15) is 0 Å². The average Bonchev–Trinajstić information content (AvgIpc) is 2.49. The molecule has 1 aliphatic heterocycles. The molecule has 3 heteroatoms. The quantitative estimate of drug-likeness (QED) is 0.850. The summed E-state index contributed by atoms with van der Waals surface area (Å²) in [5, 5.41) is 1.23. The maximum absolute atomic E-state index is 4.74. The minimum absolute atomic E-state index is 1.08. The summed E-state index contributed by atoms with van der Waals surface area (Å²) in [5.41, 5.74) is 2.34. The van der Waals surface area contributed by atoms with Gasteiger partial charge in [0.1, 0.15) is 0 Å². The molecule has 0 amide bonds. The lowest BCUT2D eigenvalue weighted by molar-refractivity contribution is 0.153. The largest absolute Gasteiger partial charge is 0.304 e. The Morgan fingerprint density at radius 1 is 1.00 bits per heavy atom. The molecule has 2 heterocycles. The third kappa shape index (κ3) is 3.35. The van der Waals surface area contributed by atoms with Crippen molar-refractivity contribution in [3.05, 3.63) is 42.1 Å². The molecule has 0 unspecified atom stereocenters. The van der Waals surface area contributed by atoms with Gasteiger partial charge in [0, 0.05) is 37.3 Å². The zero-order valence-corrected chi connectivity index (χ0v) is 12.3. The third-order valence-corrected chi connectivity index (χ3v) is 4.16. The van der Waals surface area contributed by atoms with Crippen molar-refractivity contribution < 1.29 is 0 Å². The Morgan fingerprint density at radius 2 is 1.80 bits per heavy atom. The lowest BCUT2D eigenvalue weighted by Gasteiger charge is -2.32. The number of nitrogens with zero attached hydrogens (tertiary/aromatic N) is 3. The number of aryl methyl sites for hydroxylation is 1. The normalized spacial score (nSPS) is 17.6. The van der Waals surface area contributed by atoms with Crippen LogP contribution < -0.4 is 0 Å². The fourth-order valence-electron chi connectivity index (χ4n) is 2.80. The highest BCUT2D eigenvalue weighted by molar-refractivity contribution is 5.78. The Labute approximate surface area is 121 Å². The van der Waals surface area contributed by atoms with Crippen molar-refractivity contribution in [3.63, 3.8) is 0 Å². The van der Waals surface area contributed by atoms with Gasteiger partial charge in [-0.25, -0.2) is 0 Å². The molecule has 1 aromatic carbocycles. The van der Waals surface area contributed by atoms with Crippen LogP contribution in [0.4, 0.5) is 0 Å². The first-order valence-corrected chi connectivity index (χ1v) is 7.57. The van der Waals surface area contributed by atoms with E-state index in [-0.39, 0.29) is 0 Å². The molecule has 0 radical (unpaired) electrons. The molecule has 2 aromatic rings. The second-order valence-corrected chi connectivity index (χ2v) is 5.74. The molecule has 20 heavy (non-hydrogen) atoms. The number of likely N-dealkylation sites (N-methyl/N-ethyl adjacent to an activating group) is 1. The van der Waals surface area contributed by atoms with Crippen molar-refractivity contribution in [2.45, 2.75) is 12.8 Å². The van der Waals surface area contributed by atoms with Crippen LogP contribution in [-0.4, -0.2) is 54.6 Å². The standard InChI is InChI=1S/C17H23N3/c1-19-11-13-20(14-12-19)10-4-6-16-9-8-15-5-2-3-7-17(15)18-16/h2-3,5,7-9H,4,6,10-14H2,1H3. The van der Waals surface area contributed by atoms with Crippen molar-refractivity contribution in [2.24, 2.45) is 0 Å². The molecule has 0 aliphatic carbocycles. The number of aromatic nitrogens is 1. The number of pyridine rings is 1. The zero-order chi connectivity index (χ0) is 13.8. The third-order valence-electron chi connectivity index (χ3n) is 4.16. The number of piperazine rings is 1. The zero-order valence-electron chi connectivity index (χ0n) is 12.3. The molecule has 1 aromatic heterocycles. The molecule has 0 saturated carbocycles. The van der Waals surface area contributed by atoms with Crippen LogP contribution in [0.2, 0.25) is 0 Å². The monoisotopic (exact) mass is 269 g/mol. The molecule has 3 rings (SSSR count). The van der Waals surface area contributed by atoms with Crippen molar-refractivity contribution >= 4 is 10.9 Å². The molecular weight excluding hydrogens is 246 g/mol. The SMILES string of the molecule is CN1CCN(CCCc2ccc3ccccc3n2)CC1. The summed E-state index contributed by atoms with van der Waals surface area (Å²) >= 11 is 0. The Hall–Kier alpha value is -1.45. The summed E-state index contributed by atoms with van der Waals surface area (Å²) in [6, 6.07) is 12.7. The maximum atomic E-state index is 4.74. The molecule has 3 nitrogen and oxygen atoms in total. The maximum Gasteiger partial charge on any atom is 0.0705 e. The van der Waals surface area contributed by atoms with Crippen molar-refractivity contribution in [1.82, 2.24) is 14.8 Å². The molecular formula is C17H23N3. The number of rotatable bonds is 4. The van der Waals surface area contributed by atoms with Gasteiger partial charge in [-0.3, -0.25) is 4.98 Å². The second-order valence-electron chi connectivity index (χ2n) is 5.74. The highest BCUT2D eigenvalue weighted by atomic mass is 15.2. The molecule has 106 valence electrons. The van der Waals surface area contributed by atoms with Gasteiger partial charge in [0.2, 0.25) is 0 Å². The first-order valence-electron chi connectivity index (χ1n) is 7.57. The first-order chi connectivity index (χ1) is 9.81. The fourth-order valence-corrected chi connectivity index (χ4v) is 2.80. The van der Waals surface area contributed by atoms with Gasteiger partial charge >= 0.3 is 0 Å². The van der Waals surface area contributed by atoms with E-state index in [1.165, 1.54) is 50.2 Å². The Bertz CT molecular complexity index is 559. The lowest BCUT2D eigenvalue weighted by atomic mass is 10.1. The number of fused-ring (bicyclic) bond motifs is 1. The minimum Gasteiger partial charge on any atom is -0.304 e. The van der Waals surface area contributed by atoms with Crippen LogP contribution in [0.5, 0.6) is 0 Å². The van der Waals surface area contributed by atoms with Crippen LogP contribution >= 0.6 is 0 Å². The van der Waals surface area contributed by atoms with Gasteiger partial charge in [0.15, 0.2) is 0 Å². The van der Waals surface area contributed by atoms with Crippen LogP contribution in [0.3, 0.4) is 0 Å².